The van der Waals surface area contributed by atoms with Crippen molar-refractivity contribution in [2.75, 3.05) is 5.73 Å². The predicted molar refractivity (Wildman–Crippen MR) is 56.6 cm³/mol. The highest BCUT2D eigenvalue weighted by atomic mass is 14.8. The summed E-state index contributed by atoms with van der Waals surface area (Å²) in [5.74, 6) is 0.751. The van der Waals surface area contributed by atoms with E-state index < -0.39 is 0 Å². The van der Waals surface area contributed by atoms with Crippen molar-refractivity contribution in [1.29, 1.82) is 0 Å². The molecule has 2 nitrogen and oxygen atoms in total. The highest BCUT2D eigenvalue weighted by molar-refractivity contribution is 5.88. The molecule has 0 aliphatic heterocycles. The second kappa shape index (κ2) is 2.98. The second-order valence-electron chi connectivity index (χ2n) is 3.06. The van der Waals surface area contributed by atoms with Gasteiger partial charge in [-0.25, -0.2) is 0 Å². The molecule has 0 spiro atoms. The smallest absolute Gasteiger partial charge is 0.105 e. The van der Waals surface area contributed by atoms with Crippen LogP contribution in [0.1, 0.15) is 5.56 Å². The molecule has 1 aromatic carbocycles. The maximum absolute atomic E-state index is 5.84. The molecule has 0 bridgehead atoms. The molecular formula is C11H12N2. The number of hydrogen-bond acceptors (Lipinski definition) is 1. The number of anilines is 1. The van der Waals surface area contributed by atoms with Crippen LogP contribution in [-0.2, 0) is 6.42 Å². The molecule has 0 unspecified atom stereocenters. The van der Waals surface area contributed by atoms with Gasteiger partial charge in [-0.1, -0.05) is 24.3 Å². The van der Waals surface area contributed by atoms with Crippen molar-refractivity contribution in [3.63, 3.8) is 0 Å². The number of benzene rings is 1. The highest BCUT2D eigenvalue weighted by Gasteiger charge is 2.05. The molecule has 2 aromatic rings. The second-order valence-corrected chi connectivity index (χ2v) is 3.06. The van der Waals surface area contributed by atoms with Crippen molar-refractivity contribution in [3.05, 3.63) is 42.5 Å². The number of nitrogen functional groups attached to an aromatic ring is 1. The van der Waals surface area contributed by atoms with E-state index in [0.29, 0.717) is 0 Å². The van der Waals surface area contributed by atoms with Crippen molar-refractivity contribution in [3.8, 4) is 0 Å². The zero-order valence-corrected chi connectivity index (χ0v) is 7.38. The van der Waals surface area contributed by atoms with Gasteiger partial charge in [0.05, 0.1) is 0 Å². The van der Waals surface area contributed by atoms with Gasteiger partial charge >= 0.3 is 0 Å². The molecule has 3 N–H and O–H groups in total. The van der Waals surface area contributed by atoms with E-state index in [4.69, 9.17) is 5.73 Å². The summed E-state index contributed by atoms with van der Waals surface area (Å²) in [6.07, 6.45) is 2.68. The summed E-state index contributed by atoms with van der Waals surface area (Å²) in [5.41, 5.74) is 8.07. The molecule has 66 valence electrons. The summed E-state index contributed by atoms with van der Waals surface area (Å²) < 4.78 is 0. The SMILES string of the molecule is C=CCc1c(N)[nH]c2ccccc12. The van der Waals surface area contributed by atoms with Crippen LogP contribution in [0.5, 0.6) is 0 Å². The summed E-state index contributed by atoms with van der Waals surface area (Å²) in [7, 11) is 0. The van der Waals surface area contributed by atoms with E-state index in [2.05, 4.69) is 17.6 Å². The van der Waals surface area contributed by atoms with Crippen molar-refractivity contribution >= 4 is 16.7 Å². The van der Waals surface area contributed by atoms with Gasteiger partial charge in [0.2, 0.25) is 0 Å². The van der Waals surface area contributed by atoms with E-state index >= 15 is 0 Å². The third-order valence-electron chi connectivity index (χ3n) is 2.20. The van der Waals surface area contributed by atoms with Gasteiger partial charge in [-0.2, -0.15) is 0 Å². The Kier molecular flexibility index (Phi) is 1.81. The largest absolute Gasteiger partial charge is 0.385 e. The Morgan fingerprint density at radius 3 is 2.92 bits per heavy atom. The standard InChI is InChI=1S/C11H12N2/c1-2-5-9-8-6-3-4-7-10(8)13-11(9)12/h2-4,6-7,13H,1,5,12H2. The number of H-pyrrole nitrogens is 1. The summed E-state index contributed by atoms with van der Waals surface area (Å²) in [6.45, 7) is 3.71. The fourth-order valence-corrected chi connectivity index (χ4v) is 1.59. The van der Waals surface area contributed by atoms with Crippen LogP contribution in [0.3, 0.4) is 0 Å². The first-order chi connectivity index (χ1) is 6.33. The van der Waals surface area contributed by atoms with Crippen LogP contribution in [0.4, 0.5) is 5.82 Å². The Morgan fingerprint density at radius 1 is 1.38 bits per heavy atom. The Hall–Kier alpha value is -1.70. The van der Waals surface area contributed by atoms with Crippen molar-refractivity contribution in [1.82, 2.24) is 4.98 Å². The summed E-state index contributed by atoms with van der Waals surface area (Å²) in [6, 6.07) is 8.11. The van der Waals surface area contributed by atoms with Gasteiger partial charge in [0.1, 0.15) is 5.82 Å². The van der Waals surface area contributed by atoms with E-state index in [9.17, 15) is 0 Å². The van der Waals surface area contributed by atoms with E-state index in [1.54, 1.807) is 0 Å². The minimum Gasteiger partial charge on any atom is -0.385 e. The predicted octanol–water partition coefficient (Wildman–Crippen LogP) is 2.48. The van der Waals surface area contributed by atoms with Crippen LogP contribution in [0, 0.1) is 0 Å². The molecule has 0 saturated heterocycles. The zero-order valence-electron chi connectivity index (χ0n) is 7.38. The molecule has 2 heteroatoms. The van der Waals surface area contributed by atoms with Gasteiger partial charge in [0.25, 0.3) is 0 Å². The highest BCUT2D eigenvalue weighted by Crippen LogP contribution is 2.24. The first-order valence-corrected chi connectivity index (χ1v) is 4.29. The fourth-order valence-electron chi connectivity index (χ4n) is 1.59. The average molecular weight is 172 g/mol. The summed E-state index contributed by atoms with van der Waals surface area (Å²) >= 11 is 0. The molecule has 0 atom stereocenters. The van der Waals surface area contributed by atoms with Crippen LogP contribution < -0.4 is 5.73 Å². The Balaban J connectivity index is 2.70. The fraction of sp³-hybridized carbons (Fsp3) is 0.0909. The first-order valence-electron chi connectivity index (χ1n) is 4.29. The van der Waals surface area contributed by atoms with Crippen molar-refractivity contribution in [2.24, 2.45) is 0 Å². The van der Waals surface area contributed by atoms with Gasteiger partial charge < -0.3 is 10.7 Å². The number of rotatable bonds is 2. The number of hydrogen-bond donors (Lipinski definition) is 2. The zero-order chi connectivity index (χ0) is 9.26. The lowest BCUT2D eigenvalue weighted by Crippen LogP contribution is -1.89. The van der Waals surface area contributed by atoms with E-state index in [0.717, 1.165) is 23.3 Å². The Morgan fingerprint density at radius 2 is 2.15 bits per heavy atom. The van der Waals surface area contributed by atoms with Gasteiger partial charge in [0.15, 0.2) is 0 Å². The van der Waals surface area contributed by atoms with E-state index in [-0.39, 0.29) is 0 Å². The van der Waals surface area contributed by atoms with Crippen LogP contribution in [0.2, 0.25) is 0 Å². The lowest BCUT2D eigenvalue weighted by Gasteiger charge is -1.94. The van der Waals surface area contributed by atoms with Crippen LogP contribution in [0.25, 0.3) is 10.9 Å². The van der Waals surface area contributed by atoms with Crippen molar-refractivity contribution < 1.29 is 0 Å². The van der Waals surface area contributed by atoms with Crippen LogP contribution in [0.15, 0.2) is 36.9 Å². The number of nitrogens with one attached hydrogen (secondary N) is 1. The molecule has 0 amide bonds. The molecule has 0 fully saturated rings. The van der Waals surface area contributed by atoms with E-state index in [1.165, 1.54) is 5.39 Å². The minimum absolute atomic E-state index is 0.751. The lowest BCUT2D eigenvalue weighted by molar-refractivity contribution is 1.30. The number of para-hydroxylation sites is 1. The third kappa shape index (κ3) is 1.20. The molecule has 0 radical (unpaired) electrons. The first kappa shape index (κ1) is 7.92. The van der Waals surface area contributed by atoms with E-state index in [1.807, 2.05) is 24.3 Å². The third-order valence-corrected chi connectivity index (χ3v) is 2.20. The number of aromatic nitrogens is 1. The maximum Gasteiger partial charge on any atom is 0.105 e. The number of aromatic amines is 1. The average Bonchev–Trinajstić information content (AvgIpc) is 2.44. The molecule has 0 saturated carbocycles. The maximum atomic E-state index is 5.84. The van der Waals surface area contributed by atoms with Gasteiger partial charge in [-0.3, -0.25) is 0 Å². The molecule has 2 rings (SSSR count). The summed E-state index contributed by atoms with van der Waals surface area (Å²) in [5, 5.41) is 1.19. The molecule has 1 aromatic heterocycles. The molecule has 0 aliphatic rings. The quantitative estimate of drug-likeness (QED) is 0.671. The number of nitrogens with two attached hydrogens (primary N) is 1. The van der Waals surface area contributed by atoms with Crippen LogP contribution >= 0.6 is 0 Å². The molecule has 0 aliphatic carbocycles. The van der Waals surface area contributed by atoms with Gasteiger partial charge in [0, 0.05) is 16.5 Å². The minimum atomic E-state index is 0.751. The van der Waals surface area contributed by atoms with Gasteiger partial charge in [-0.05, 0) is 12.5 Å². The molecular weight excluding hydrogens is 160 g/mol. The van der Waals surface area contributed by atoms with Crippen molar-refractivity contribution in [2.45, 2.75) is 6.42 Å². The Bertz CT molecular complexity index is 440. The monoisotopic (exact) mass is 172 g/mol. The summed E-state index contributed by atoms with van der Waals surface area (Å²) in [4.78, 5) is 3.14. The Labute approximate surface area is 77.1 Å². The van der Waals surface area contributed by atoms with Gasteiger partial charge in [-0.15, -0.1) is 6.58 Å². The normalized spacial score (nSPS) is 10.5. The topological polar surface area (TPSA) is 41.8 Å². The molecule has 13 heavy (non-hydrogen) atoms. The van der Waals surface area contributed by atoms with Crippen LogP contribution in [-0.4, -0.2) is 4.98 Å². The number of allylic oxidation sites excluding steroid dienone is 1. The lowest BCUT2D eigenvalue weighted by atomic mass is 10.1. The molecule has 1 heterocycles. The number of fused-ring (bicyclic) bond motifs is 1.